The number of carbonyl (C=O) groups excluding carboxylic acids is 1. The van der Waals surface area contributed by atoms with Gasteiger partial charge >= 0.3 is 5.97 Å². The van der Waals surface area contributed by atoms with Gasteiger partial charge in [0.15, 0.2) is 5.38 Å². The van der Waals surface area contributed by atoms with Gasteiger partial charge in [-0.15, -0.1) is 11.6 Å². The van der Waals surface area contributed by atoms with Gasteiger partial charge in [-0.2, -0.15) is 0 Å². The molecule has 1 N–H and O–H groups in total. The lowest BCUT2D eigenvalue weighted by Gasteiger charge is -2.14. The zero-order valence-electron chi connectivity index (χ0n) is 7.42. The molecule has 2 atom stereocenters. The first-order valence-corrected chi connectivity index (χ1v) is 4.55. The highest BCUT2D eigenvalue weighted by Crippen LogP contribution is 2.10. The zero-order valence-corrected chi connectivity index (χ0v) is 8.17. The molecule has 0 spiro atoms. The number of alkyl halides is 1. The van der Waals surface area contributed by atoms with Crippen LogP contribution in [0.4, 0.5) is 0 Å². The van der Waals surface area contributed by atoms with Crippen LogP contribution in [0.3, 0.4) is 0 Å². The molecule has 0 amide bonds. The van der Waals surface area contributed by atoms with Crippen LogP contribution in [0, 0.1) is 0 Å². The summed E-state index contributed by atoms with van der Waals surface area (Å²) in [6, 6.07) is 0. The number of ether oxygens (including phenoxy) is 1. The zero-order chi connectivity index (χ0) is 9.56. The standard InChI is InChI=1S/C8H15ClO3/c1-3-5-6(10)7(9)8(11)12-4-2/h6-7,10H,3-5H2,1-2H3/t6-,7?/m1/s1. The third-order valence-corrected chi connectivity index (χ3v) is 1.90. The van der Waals surface area contributed by atoms with Crippen LogP contribution in [0.15, 0.2) is 0 Å². The molecule has 0 saturated carbocycles. The lowest BCUT2D eigenvalue weighted by atomic mass is 10.1. The second-order valence-electron chi connectivity index (χ2n) is 2.51. The third-order valence-electron chi connectivity index (χ3n) is 1.43. The van der Waals surface area contributed by atoms with Gasteiger partial charge in [0.25, 0.3) is 0 Å². The molecule has 0 aromatic carbocycles. The van der Waals surface area contributed by atoms with E-state index in [-0.39, 0.29) is 0 Å². The third kappa shape index (κ3) is 3.93. The monoisotopic (exact) mass is 194 g/mol. The summed E-state index contributed by atoms with van der Waals surface area (Å²) in [6.45, 7) is 3.91. The fraction of sp³-hybridized carbons (Fsp3) is 0.875. The summed E-state index contributed by atoms with van der Waals surface area (Å²) in [5, 5.41) is 8.36. The van der Waals surface area contributed by atoms with Crippen molar-refractivity contribution in [2.24, 2.45) is 0 Å². The van der Waals surface area contributed by atoms with Crippen molar-refractivity contribution in [3.8, 4) is 0 Å². The van der Waals surface area contributed by atoms with Gasteiger partial charge in [0.1, 0.15) is 0 Å². The maximum absolute atomic E-state index is 10.9. The van der Waals surface area contributed by atoms with Crippen molar-refractivity contribution >= 4 is 17.6 Å². The van der Waals surface area contributed by atoms with E-state index in [0.717, 1.165) is 6.42 Å². The highest BCUT2D eigenvalue weighted by atomic mass is 35.5. The van der Waals surface area contributed by atoms with Crippen molar-refractivity contribution in [1.82, 2.24) is 0 Å². The SMILES string of the molecule is CCC[C@@H](O)C(Cl)C(=O)OCC. The number of esters is 1. The summed E-state index contributed by atoms with van der Waals surface area (Å²) in [5.74, 6) is -0.542. The molecule has 0 rings (SSSR count). The van der Waals surface area contributed by atoms with Crippen molar-refractivity contribution in [2.75, 3.05) is 6.61 Å². The van der Waals surface area contributed by atoms with Gasteiger partial charge in [-0.1, -0.05) is 13.3 Å². The Morgan fingerprint density at radius 1 is 1.58 bits per heavy atom. The van der Waals surface area contributed by atoms with E-state index in [4.69, 9.17) is 11.6 Å². The summed E-state index contributed by atoms with van der Waals surface area (Å²) >= 11 is 5.61. The van der Waals surface area contributed by atoms with E-state index in [2.05, 4.69) is 4.74 Å². The number of hydrogen-bond acceptors (Lipinski definition) is 3. The van der Waals surface area contributed by atoms with Gasteiger partial charge in [0.05, 0.1) is 12.7 Å². The molecule has 4 heteroatoms. The Labute approximate surface area is 77.7 Å². The number of aliphatic hydroxyl groups is 1. The van der Waals surface area contributed by atoms with Gasteiger partial charge in [-0.3, -0.25) is 4.79 Å². The lowest BCUT2D eigenvalue weighted by molar-refractivity contribution is -0.144. The molecule has 0 aliphatic rings. The van der Waals surface area contributed by atoms with Gasteiger partial charge in [0.2, 0.25) is 0 Å². The maximum Gasteiger partial charge on any atom is 0.326 e. The minimum absolute atomic E-state index is 0.293. The number of hydrogen-bond donors (Lipinski definition) is 1. The molecule has 0 aromatic rings. The highest BCUT2D eigenvalue weighted by molar-refractivity contribution is 6.30. The molecule has 0 aliphatic heterocycles. The van der Waals surface area contributed by atoms with Crippen LogP contribution in [0.5, 0.6) is 0 Å². The van der Waals surface area contributed by atoms with E-state index < -0.39 is 17.5 Å². The fourth-order valence-corrected chi connectivity index (χ4v) is 1.01. The van der Waals surface area contributed by atoms with Gasteiger partial charge in [-0.25, -0.2) is 0 Å². The van der Waals surface area contributed by atoms with E-state index in [1.807, 2.05) is 6.92 Å². The molecular weight excluding hydrogens is 180 g/mol. The lowest BCUT2D eigenvalue weighted by Crippen LogP contribution is -2.30. The largest absolute Gasteiger partial charge is 0.465 e. The average molecular weight is 195 g/mol. The van der Waals surface area contributed by atoms with Gasteiger partial charge < -0.3 is 9.84 Å². The average Bonchev–Trinajstić information content (AvgIpc) is 2.04. The first-order chi connectivity index (χ1) is 5.63. The van der Waals surface area contributed by atoms with Gasteiger partial charge in [0, 0.05) is 0 Å². The van der Waals surface area contributed by atoms with E-state index in [1.165, 1.54) is 0 Å². The Kier molecular flexibility index (Phi) is 6.11. The molecule has 0 heterocycles. The van der Waals surface area contributed by atoms with Crippen molar-refractivity contribution in [2.45, 2.75) is 38.2 Å². The Hall–Kier alpha value is -0.280. The van der Waals surface area contributed by atoms with Crippen molar-refractivity contribution in [1.29, 1.82) is 0 Å². The summed E-state index contributed by atoms with van der Waals surface area (Å²) in [4.78, 5) is 10.9. The number of rotatable bonds is 5. The van der Waals surface area contributed by atoms with E-state index in [9.17, 15) is 9.90 Å². The molecule has 0 aliphatic carbocycles. The topological polar surface area (TPSA) is 46.5 Å². The van der Waals surface area contributed by atoms with Crippen LogP contribution in [-0.4, -0.2) is 29.2 Å². The quantitative estimate of drug-likeness (QED) is 0.531. The van der Waals surface area contributed by atoms with Gasteiger partial charge in [-0.05, 0) is 13.3 Å². The van der Waals surface area contributed by atoms with E-state index in [1.54, 1.807) is 6.92 Å². The summed E-state index contributed by atoms with van der Waals surface area (Å²) < 4.78 is 4.64. The second kappa shape index (κ2) is 6.26. The van der Waals surface area contributed by atoms with E-state index in [0.29, 0.717) is 13.0 Å². The first-order valence-electron chi connectivity index (χ1n) is 4.12. The fourth-order valence-electron chi connectivity index (χ4n) is 0.821. The Morgan fingerprint density at radius 3 is 2.58 bits per heavy atom. The minimum Gasteiger partial charge on any atom is -0.465 e. The van der Waals surface area contributed by atoms with Crippen LogP contribution in [0.1, 0.15) is 26.7 Å². The van der Waals surface area contributed by atoms with Crippen molar-refractivity contribution in [3.05, 3.63) is 0 Å². The smallest absolute Gasteiger partial charge is 0.326 e. The first kappa shape index (κ1) is 11.7. The number of aliphatic hydroxyl groups excluding tert-OH is 1. The van der Waals surface area contributed by atoms with Crippen LogP contribution in [0.25, 0.3) is 0 Å². The summed E-state index contributed by atoms with van der Waals surface area (Å²) in [5.41, 5.74) is 0. The number of carbonyl (C=O) groups is 1. The van der Waals surface area contributed by atoms with Crippen LogP contribution in [-0.2, 0) is 9.53 Å². The predicted octanol–water partition coefficient (Wildman–Crippen LogP) is 1.32. The summed E-state index contributed by atoms with van der Waals surface area (Å²) in [6.07, 6.45) is 0.521. The molecule has 0 radical (unpaired) electrons. The summed E-state index contributed by atoms with van der Waals surface area (Å²) in [7, 11) is 0. The molecule has 72 valence electrons. The molecule has 0 fully saturated rings. The maximum atomic E-state index is 10.9. The molecule has 3 nitrogen and oxygen atoms in total. The van der Waals surface area contributed by atoms with E-state index >= 15 is 0 Å². The van der Waals surface area contributed by atoms with Crippen molar-refractivity contribution < 1.29 is 14.6 Å². The molecule has 0 bridgehead atoms. The Morgan fingerprint density at radius 2 is 2.17 bits per heavy atom. The normalized spacial score (nSPS) is 15.3. The van der Waals surface area contributed by atoms with Crippen molar-refractivity contribution in [3.63, 3.8) is 0 Å². The molecule has 0 saturated heterocycles. The molecular formula is C8H15ClO3. The molecule has 1 unspecified atom stereocenters. The Bertz CT molecular complexity index is 138. The van der Waals surface area contributed by atoms with Crippen LogP contribution in [0.2, 0.25) is 0 Å². The molecule has 12 heavy (non-hydrogen) atoms. The second-order valence-corrected chi connectivity index (χ2v) is 2.98. The number of halogens is 1. The Balaban J connectivity index is 3.82. The van der Waals surface area contributed by atoms with Crippen LogP contribution < -0.4 is 0 Å². The minimum atomic E-state index is -0.926. The predicted molar refractivity (Wildman–Crippen MR) is 47.2 cm³/mol. The highest BCUT2D eigenvalue weighted by Gasteiger charge is 2.24. The molecule has 0 aromatic heterocycles. The van der Waals surface area contributed by atoms with Crippen LogP contribution >= 0.6 is 11.6 Å².